The number of primary amides is 2. The molecule has 18 heavy (non-hydrogen) atoms. The topological polar surface area (TPSA) is 110 Å². The van der Waals surface area contributed by atoms with Crippen LogP contribution in [0.4, 0.5) is 9.59 Å². The zero-order valence-corrected chi connectivity index (χ0v) is 11.6. The van der Waals surface area contributed by atoms with Crippen molar-refractivity contribution in [2.24, 2.45) is 11.5 Å². The van der Waals surface area contributed by atoms with Crippen LogP contribution in [0, 0.1) is 0 Å². The molecule has 0 heterocycles. The lowest BCUT2D eigenvalue weighted by Gasteiger charge is -1.97. The van der Waals surface area contributed by atoms with Crippen LogP contribution in [0.25, 0.3) is 0 Å². The Morgan fingerprint density at radius 1 is 0.778 bits per heavy atom. The minimum absolute atomic E-state index is 0.425. The van der Waals surface area contributed by atoms with Crippen LogP contribution in [-0.4, -0.2) is 25.2 Å². The molecular weight excluding hydrogens is 232 g/mol. The van der Waals surface area contributed by atoms with Gasteiger partial charge in [-0.2, -0.15) is 0 Å². The minimum Gasteiger partial charge on any atom is -0.352 e. The molecule has 0 fully saturated rings. The molecule has 0 spiro atoms. The maximum Gasteiger partial charge on any atom is 0.312 e. The molecule has 0 rings (SSSR count). The van der Waals surface area contributed by atoms with Gasteiger partial charge in [-0.25, -0.2) is 9.59 Å². The second kappa shape index (κ2) is 15.5. The fourth-order valence-electron chi connectivity index (χ4n) is 1.17. The molecule has 0 bridgehead atoms. The van der Waals surface area contributed by atoms with Crippen LogP contribution in [0.5, 0.6) is 0 Å². The second-order valence-electron chi connectivity index (χ2n) is 4.00. The molecule has 6 nitrogen and oxygen atoms in total. The van der Waals surface area contributed by atoms with Gasteiger partial charge in [-0.15, -0.1) is 0 Å². The highest BCUT2D eigenvalue weighted by Gasteiger charge is 1.89. The molecule has 6 N–H and O–H groups in total. The van der Waals surface area contributed by atoms with Crippen LogP contribution in [0.1, 0.15) is 52.4 Å². The molecule has 6 heteroatoms. The predicted octanol–water partition coefficient (Wildman–Crippen LogP) is 1.69. The van der Waals surface area contributed by atoms with Gasteiger partial charge >= 0.3 is 12.1 Å². The number of amides is 4. The minimum atomic E-state index is -0.425. The van der Waals surface area contributed by atoms with Crippen molar-refractivity contribution in [3.8, 4) is 0 Å². The Labute approximate surface area is 110 Å². The van der Waals surface area contributed by atoms with Crippen LogP contribution < -0.4 is 22.1 Å². The van der Waals surface area contributed by atoms with E-state index in [9.17, 15) is 9.59 Å². The fourth-order valence-corrected chi connectivity index (χ4v) is 1.17. The third-order valence-corrected chi connectivity index (χ3v) is 2.16. The van der Waals surface area contributed by atoms with E-state index >= 15 is 0 Å². The van der Waals surface area contributed by atoms with Gasteiger partial charge in [0.1, 0.15) is 0 Å². The van der Waals surface area contributed by atoms with E-state index in [1.807, 2.05) is 0 Å². The lowest BCUT2D eigenvalue weighted by Crippen LogP contribution is -2.29. The molecule has 0 aromatic rings. The molecule has 0 aromatic carbocycles. The summed E-state index contributed by atoms with van der Waals surface area (Å²) >= 11 is 0. The van der Waals surface area contributed by atoms with Crippen LogP contribution in [0.3, 0.4) is 0 Å². The molecule has 0 radical (unpaired) electrons. The summed E-state index contributed by atoms with van der Waals surface area (Å²) in [7, 11) is 0. The quantitative estimate of drug-likeness (QED) is 0.498. The van der Waals surface area contributed by atoms with E-state index in [4.69, 9.17) is 11.5 Å². The number of nitrogens with two attached hydrogens (primary N) is 2. The highest BCUT2D eigenvalue weighted by Crippen LogP contribution is 1.90. The molecule has 0 aliphatic rings. The maximum absolute atomic E-state index is 10.1. The zero-order valence-electron chi connectivity index (χ0n) is 11.6. The van der Waals surface area contributed by atoms with Crippen LogP contribution in [0.2, 0.25) is 0 Å². The number of carbonyl (C=O) groups is 2. The van der Waals surface area contributed by atoms with Gasteiger partial charge in [0.05, 0.1) is 0 Å². The standard InChI is InChI=1S/2C6H14N2O/c2*1-2-3-4-5-8-6(7)9/h2*2-5H2,1H3,(H3,7,8,9). The number of unbranched alkanes of at least 4 members (excludes halogenated alkanes) is 4. The summed E-state index contributed by atoms with van der Waals surface area (Å²) in [4.78, 5) is 20.1. The molecule has 0 unspecified atom stereocenters. The summed E-state index contributed by atoms with van der Waals surface area (Å²) in [5, 5.41) is 5.04. The second-order valence-corrected chi connectivity index (χ2v) is 4.00. The largest absolute Gasteiger partial charge is 0.352 e. The van der Waals surface area contributed by atoms with Gasteiger partial charge in [-0.1, -0.05) is 39.5 Å². The first-order valence-electron chi connectivity index (χ1n) is 6.61. The molecule has 4 amide bonds. The lowest BCUT2D eigenvalue weighted by atomic mass is 10.2. The Bertz CT molecular complexity index is 188. The summed E-state index contributed by atoms with van der Waals surface area (Å²) in [6, 6.07) is -0.850. The molecule has 108 valence electrons. The van der Waals surface area contributed by atoms with E-state index in [1.165, 1.54) is 12.8 Å². The lowest BCUT2D eigenvalue weighted by molar-refractivity contribution is 0.248. The molecular formula is C12H28N4O2. The number of hydrogen-bond donors (Lipinski definition) is 4. The van der Waals surface area contributed by atoms with Crippen molar-refractivity contribution in [1.29, 1.82) is 0 Å². The normalized spacial score (nSPS) is 9.00. The first-order chi connectivity index (χ1) is 8.54. The summed E-state index contributed by atoms with van der Waals surface area (Å²) in [5.74, 6) is 0. The van der Waals surface area contributed by atoms with E-state index < -0.39 is 12.1 Å². The molecule has 0 aliphatic carbocycles. The van der Waals surface area contributed by atoms with Crippen molar-refractivity contribution in [2.45, 2.75) is 52.4 Å². The molecule has 0 aliphatic heterocycles. The van der Waals surface area contributed by atoms with Crippen molar-refractivity contribution in [3.63, 3.8) is 0 Å². The molecule has 0 saturated heterocycles. The third-order valence-electron chi connectivity index (χ3n) is 2.16. The van der Waals surface area contributed by atoms with Gasteiger partial charge in [0.2, 0.25) is 0 Å². The Morgan fingerprint density at radius 2 is 1.11 bits per heavy atom. The van der Waals surface area contributed by atoms with Gasteiger partial charge in [-0.05, 0) is 12.8 Å². The summed E-state index contributed by atoms with van der Waals surface area (Å²) in [6.45, 7) is 5.65. The van der Waals surface area contributed by atoms with Crippen molar-refractivity contribution in [2.75, 3.05) is 13.1 Å². The molecule has 0 aromatic heterocycles. The number of rotatable bonds is 8. The number of hydrogen-bond acceptors (Lipinski definition) is 2. The highest BCUT2D eigenvalue weighted by molar-refractivity contribution is 5.71. The number of nitrogens with one attached hydrogen (secondary N) is 2. The summed E-state index contributed by atoms with van der Waals surface area (Å²) in [6.07, 6.45) is 6.69. The Balaban J connectivity index is 0. The van der Waals surface area contributed by atoms with Gasteiger partial charge < -0.3 is 22.1 Å². The van der Waals surface area contributed by atoms with E-state index in [2.05, 4.69) is 24.5 Å². The predicted molar refractivity (Wildman–Crippen MR) is 74.2 cm³/mol. The first-order valence-corrected chi connectivity index (χ1v) is 6.61. The average molecular weight is 260 g/mol. The van der Waals surface area contributed by atoms with E-state index in [0.29, 0.717) is 13.1 Å². The van der Waals surface area contributed by atoms with Crippen molar-refractivity contribution < 1.29 is 9.59 Å². The van der Waals surface area contributed by atoms with Crippen molar-refractivity contribution in [1.82, 2.24) is 10.6 Å². The first kappa shape index (κ1) is 18.9. The summed E-state index contributed by atoms with van der Waals surface area (Å²) < 4.78 is 0. The van der Waals surface area contributed by atoms with Crippen molar-refractivity contribution >= 4 is 12.1 Å². The average Bonchev–Trinajstić information content (AvgIpc) is 2.31. The number of urea groups is 2. The third kappa shape index (κ3) is 24.0. The van der Waals surface area contributed by atoms with Gasteiger partial charge in [0.15, 0.2) is 0 Å². The SMILES string of the molecule is CCCCCNC(N)=O.CCCCCNC(N)=O. The van der Waals surface area contributed by atoms with Crippen LogP contribution in [0.15, 0.2) is 0 Å². The van der Waals surface area contributed by atoms with E-state index in [-0.39, 0.29) is 0 Å². The Hall–Kier alpha value is -1.46. The number of carbonyl (C=O) groups excluding carboxylic acids is 2. The Morgan fingerprint density at radius 3 is 1.33 bits per heavy atom. The van der Waals surface area contributed by atoms with Crippen molar-refractivity contribution in [3.05, 3.63) is 0 Å². The molecule has 0 saturated carbocycles. The molecule has 0 atom stereocenters. The van der Waals surface area contributed by atoms with Crippen LogP contribution >= 0.6 is 0 Å². The Kier molecular flexibility index (Phi) is 16.3. The van der Waals surface area contributed by atoms with Gasteiger partial charge in [0, 0.05) is 13.1 Å². The maximum atomic E-state index is 10.1. The summed E-state index contributed by atoms with van der Waals surface area (Å²) in [5.41, 5.74) is 9.65. The monoisotopic (exact) mass is 260 g/mol. The van der Waals surface area contributed by atoms with E-state index in [1.54, 1.807) is 0 Å². The van der Waals surface area contributed by atoms with Gasteiger partial charge in [-0.3, -0.25) is 0 Å². The van der Waals surface area contributed by atoms with E-state index in [0.717, 1.165) is 25.7 Å². The zero-order chi connectivity index (χ0) is 14.2. The van der Waals surface area contributed by atoms with Crippen LogP contribution in [-0.2, 0) is 0 Å². The highest BCUT2D eigenvalue weighted by atomic mass is 16.2. The fraction of sp³-hybridized carbons (Fsp3) is 0.833. The van der Waals surface area contributed by atoms with Gasteiger partial charge in [0.25, 0.3) is 0 Å². The smallest absolute Gasteiger partial charge is 0.312 e.